The zero-order valence-electron chi connectivity index (χ0n) is 13.5. The van der Waals surface area contributed by atoms with E-state index in [0.717, 1.165) is 5.56 Å². The fourth-order valence-electron chi connectivity index (χ4n) is 2.22. The van der Waals surface area contributed by atoms with Gasteiger partial charge in [0, 0.05) is 5.69 Å². The summed E-state index contributed by atoms with van der Waals surface area (Å²) in [6.07, 6.45) is -0.535. The maximum absolute atomic E-state index is 11.8. The van der Waals surface area contributed by atoms with Crippen molar-refractivity contribution in [2.75, 3.05) is 18.9 Å². The number of nitrogen functional groups attached to an aromatic ring is 1. The number of anilines is 1. The van der Waals surface area contributed by atoms with Crippen molar-refractivity contribution in [3.8, 4) is 0 Å². The number of ether oxygens (including phenoxy) is 2. The third-order valence-corrected chi connectivity index (χ3v) is 3.16. The summed E-state index contributed by atoms with van der Waals surface area (Å²) in [7, 11) is 0. The topological polar surface area (TPSA) is 85.9 Å². The van der Waals surface area contributed by atoms with Crippen LogP contribution in [0.1, 0.15) is 33.3 Å². The summed E-state index contributed by atoms with van der Waals surface area (Å²) in [4.78, 5) is 16.5. The van der Waals surface area contributed by atoms with Gasteiger partial charge in [0.1, 0.15) is 23.6 Å². The van der Waals surface area contributed by atoms with Crippen LogP contribution in [0.25, 0.3) is 0 Å². The van der Waals surface area contributed by atoms with Crippen molar-refractivity contribution in [3.05, 3.63) is 29.8 Å². The molecule has 1 aliphatic rings. The molecule has 1 aromatic rings. The van der Waals surface area contributed by atoms with Gasteiger partial charge in [-0.25, -0.2) is 4.79 Å². The lowest BCUT2D eigenvalue weighted by Gasteiger charge is -2.31. The quantitative estimate of drug-likeness (QED) is 0.780. The molecule has 0 aliphatic carbocycles. The molecule has 1 heterocycles. The average Bonchev–Trinajstić information content (AvgIpc) is 2.36. The van der Waals surface area contributed by atoms with E-state index in [-0.39, 0.29) is 6.61 Å². The molecule has 0 spiro atoms. The van der Waals surface area contributed by atoms with E-state index in [1.54, 1.807) is 0 Å². The van der Waals surface area contributed by atoms with Crippen LogP contribution < -0.4 is 11.1 Å². The molecular formula is C16H23N3O3. The van der Waals surface area contributed by atoms with Gasteiger partial charge in [-0.3, -0.25) is 10.3 Å². The van der Waals surface area contributed by atoms with Crippen molar-refractivity contribution < 1.29 is 14.3 Å². The van der Waals surface area contributed by atoms with Crippen molar-refractivity contribution in [2.45, 2.75) is 38.8 Å². The summed E-state index contributed by atoms with van der Waals surface area (Å²) in [5, 5.41) is 2.65. The van der Waals surface area contributed by atoms with E-state index in [4.69, 9.17) is 15.2 Å². The minimum Gasteiger partial charge on any atom is -0.444 e. The fourth-order valence-corrected chi connectivity index (χ4v) is 2.22. The highest BCUT2D eigenvalue weighted by Gasteiger charge is 2.31. The van der Waals surface area contributed by atoms with E-state index in [2.05, 4.69) is 10.3 Å². The van der Waals surface area contributed by atoms with Crippen LogP contribution in [0.2, 0.25) is 0 Å². The lowest BCUT2D eigenvalue weighted by atomic mass is 9.92. The highest BCUT2D eigenvalue weighted by molar-refractivity contribution is 5.96. The molecule has 0 bridgehead atoms. The van der Waals surface area contributed by atoms with Gasteiger partial charge in [-0.1, -0.05) is 12.1 Å². The number of nitrogens with two attached hydrogens (primary N) is 1. The van der Waals surface area contributed by atoms with Crippen LogP contribution in [0.3, 0.4) is 0 Å². The van der Waals surface area contributed by atoms with Crippen LogP contribution in [0.5, 0.6) is 0 Å². The first kappa shape index (κ1) is 16.3. The number of nitrogens with one attached hydrogen (secondary N) is 1. The van der Waals surface area contributed by atoms with Gasteiger partial charge in [-0.05, 0) is 45.4 Å². The van der Waals surface area contributed by atoms with E-state index in [1.165, 1.54) is 0 Å². The summed E-state index contributed by atoms with van der Waals surface area (Å²) in [6, 6.07) is 7.50. The number of alkyl carbamates (subject to hydrolysis) is 1. The molecule has 0 unspecified atom stereocenters. The van der Waals surface area contributed by atoms with Crippen molar-refractivity contribution >= 4 is 17.6 Å². The molecule has 0 fully saturated rings. The number of benzene rings is 1. The molecule has 0 saturated carbocycles. The molecule has 1 aliphatic heterocycles. The van der Waals surface area contributed by atoms with E-state index < -0.39 is 17.2 Å². The van der Waals surface area contributed by atoms with E-state index in [9.17, 15) is 4.79 Å². The Morgan fingerprint density at radius 3 is 2.82 bits per heavy atom. The number of nitrogens with zero attached hydrogens (tertiary/aromatic N) is 1. The Balaban J connectivity index is 2.16. The molecule has 1 atom stereocenters. The van der Waals surface area contributed by atoms with Crippen LogP contribution >= 0.6 is 0 Å². The Labute approximate surface area is 130 Å². The first-order valence-electron chi connectivity index (χ1n) is 7.20. The van der Waals surface area contributed by atoms with Gasteiger partial charge >= 0.3 is 6.09 Å². The van der Waals surface area contributed by atoms with Crippen LogP contribution in [0.15, 0.2) is 29.3 Å². The molecular weight excluding hydrogens is 282 g/mol. The normalized spacial score (nSPS) is 21.9. The number of hydrogen-bond acceptors (Lipinski definition) is 5. The van der Waals surface area contributed by atoms with E-state index >= 15 is 0 Å². The van der Waals surface area contributed by atoms with E-state index in [1.807, 2.05) is 52.0 Å². The Morgan fingerprint density at radius 1 is 1.45 bits per heavy atom. The molecule has 1 aromatic carbocycles. The highest BCUT2D eigenvalue weighted by Crippen LogP contribution is 2.29. The summed E-state index contributed by atoms with van der Waals surface area (Å²) in [5.41, 5.74) is 6.29. The first-order valence-corrected chi connectivity index (χ1v) is 7.20. The van der Waals surface area contributed by atoms with Gasteiger partial charge in [-0.2, -0.15) is 0 Å². The third-order valence-electron chi connectivity index (χ3n) is 3.16. The summed E-state index contributed by atoms with van der Waals surface area (Å²) in [5.74, 6) is 0.449. The van der Waals surface area contributed by atoms with Crippen LogP contribution in [-0.2, 0) is 15.0 Å². The number of hydrogen-bond donors (Lipinski definition) is 2. The molecule has 22 heavy (non-hydrogen) atoms. The minimum absolute atomic E-state index is 0.247. The predicted molar refractivity (Wildman–Crippen MR) is 85.8 cm³/mol. The molecule has 0 radical (unpaired) electrons. The Hall–Kier alpha value is -2.08. The molecule has 6 nitrogen and oxygen atoms in total. The van der Waals surface area contributed by atoms with Gasteiger partial charge in [-0.15, -0.1) is 0 Å². The van der Waals surface area contributed by atoms with E-state index in [0.29, 0.717) is 18.1 Å². The maximum atomic E-state index is 11.8. The Morgan fingerprint density at radius 2 is 2.18 bits per heavy atom. The van der Waals surface area contributed by atoms with Crippen LogP contribution in [-0.4, -0.2) is 30.7 Å². The molecule has 6 heteroatoms. The maximum Gasteiger partial charge on any atom is 0.413 e. The van der Waals surface area contributed by atoms with Crippen molar-refractivity contribution in [2.24, 2.45) is 4.99 Å². The van der Waals surface area contributed by atoms with Crippen LogP contribution in [0, 0.1) is 0 Å². The molecule has 3 N–H and O–H groups in total. The van der Waals surface area contributed by atoms with Crippen molar-refractivity contribution in [1.82, 2.24) is 5.32 Å². The number of carbonyl (C=O) groups is 1. The van der Waals surface area contributed by atoms with Crippen molar-refractivity contribution in [3.63, 3.8) is 0 Å². The second-order valence-electron chi connectivity index (χ2n) is 6.58. The van der Waals surface area contributed by atoms with Gasteiger partial charge in [0.2, 0.25) is 0 Å². The number of amidine groups is 1. The summed E-state index contributed by atoms with van der Waals surface area (Å²) in [6.45, 7) is 8.04. The standard InChI is InChI=1S/C16H23N3O3/c1-15(2,3)22-14(20)18-13-9-21-10-16(4,19-13)11-6-5-7-12(17)8-11/h5-8H,9-10,17H2,1-4H3,(H,18,19,20)/t16-/m0/s1. The minimum atomic E-state index is -0.585. The molecule has 120 valence electrons. The fraction of sp³-hybridized carbons (Fsp3) is 0.500. The smallest absolute Gasteiger partial charge is 0.413 e. The second kappa shape index (κ2) is 5.96. The largest absolute Gasteiger partial charge is 0.444 e. The highest BCUT2D eigenvalue weighted by atomic mass is 16.6. The molecule has 2 rings (SSSR count). The third kappa shape index (κ3) is 4.21. The van der Waals surface area contributed by atoms with Gasteiger partial charge in [0.05, 0.1) is 6.61 Å². The second-order valence-corrected chi connectivity index (χ2v) is 6.58. The van der Waals surface area contributed by atoms with Gasteiger partial charge in [0.15, 0.2) is 0 Å². The summed E-state index contributed by atoms with van der Waals surface area (Å²) < 4.78 is 10.8. The molecule has 1 amide bonds. The Bertz CT molecular complexity index is 593. The number of rotatable bonds is 1. The lowest BCUT2D eigenvalue weighted by molar-refractivity contribution is 0.0543. The summed E-state index contributed by atoms with van der Waals surface area (Å²) >= 11 is 0. The lowest BCUT2D eigenvalue weighted by Crippen LogP contribution is -2.44. The zero-order chi connectivity index (χ0) is 16.4. The first-order chi connectivity index (χ1) is 10.2. The average molecular weight is 305 g/mol. The number of carbonyl (C=O) groups excluding carboxylic acids is 1. The van der Waals surface area contributed by atoms with Gasteiger partial charge < -0.3 is 15.2 Å². The van der Waals surface area contributed by atoms with Crippen LogP contribution in [0.4, 0.5) is 10.5 Å². The number of amides is 1. The monoisotopic (exact) mass is 305 g/mol. The SMILES string of the molecule is CC(C)(C)OC(=O)NC1=N[C@](C)(c2cccc(N)c2)COC1. The molecule has 0 aromatic heterocycles. The number of aliphatic imine (C=N–C) groups is 1. The van der Waals surface area contributed by atoms with Gasteiger partial charge in [0.25, 0.3) is 0 Å². The van der Waals surface area contributed by atoms with Crippen molar-refractivity contribution in [1.29, 1.82) is 0 Å². The molecule has 0 saturated heterocycles. The zero-order valence-corrected chi connectivity index (χ0v) is 13.5. The Kier molecular flexibility index (Phi) is 4.42. The predicted octanol–water partition coefficient (Wildman–Crippen LogP) is 2.44.